The van der Waals surface area contributed by atoms with E-state index in [2.05, 4.69) is 5.32 Å². The Hall–Kier alpha value is -3.12. The summed E-state index contributed by atoms with van der Waals surface area (Å²) in [5, 5.41) is 4.92. The Morgan fingerprint density at radius 2 is 1.96 bits per heavy atom. The number of pyridine rings is 1. The first-order valence-corrected chi connectivity index (χ1v) is 9.01. The van der Waals surface area contributed by atoms with Gasteiger partial charge in [0.15, 0.2) is 0 Å². The zero-order chi connectivity index (χ0) is 18.1. The quantitative estimate of drug-likeness (QED) is 0.575. The van der Waals surface area contributed by atoms with Crippen LogP contribution in [-0.4, -0.2) is 22.4 Å². The van der Waals surface area contributed by atoms with Crippen molar-refractivity contribution in [1.29, 1.82) is 0 Å². The van der Waals surface area contributed by atoms with Gasteiger partial charge in [-0.15, -0.1) is 11.3 Å². The van der Waals surface area contributed by atoms with Crippen LogP contribution in [0.1, 0.15) is 15.2 Å². The van der Waals surface area contributed by atoms with Crippen LogP contribution in [0.2, 0.25) is 0 Å². The van der Waals surface area contributed by atoms with Crippen LogP contribution in [0, 0.1) is 6.92 Å². The lowest BCUT2D eigenvalue weighted by atomic mass is 10.1. The first kappa shape index (κ1) is 16.4. The van der Waals surface area contributed by atoms with Gasteiger partial charge in [0, 0.05) is 11.8 Å². The minimum atomic E-state index is -0.141. The van der Waals surface area contributed by atoms with Gasteiger partial charge in [-0.3, -0.25) is 9.20 Å². The zero-order valence-electron chi connectivity index (χ0n) is 14.4. The third-order valence-corrected chi connectivity index (χ3v) is 4.98. The number of hydrogen-bond acceptors (Lipinski definition) is 4. The molecule has 0 aliphatic rings. The molecule has 4 aromatic rings. The minimum absolute atomic E-state index is 0.141. The summed E-state index contributed by atoms with van der Waals surface area (Å²) in [7, 11) is 1.63. The average molecular weight is 363 g/mol. The summed E-state index contributed by atoms with van der Waals surface area (Å²) in [6.07, 6.45) is 1.97. The number of ether oxygens (including phenoxy) is 1. The monoisotopic (exact) mass is 363 g/mol. The predicted octanol–water partition coefficient (Wildman–Crippen LogP) is 4.63. The second-order valence-electron chi connectivity index (χ2n) is 5.90. The van der Waals surface area contributed by atoms with Crippen LogP contribution in [0.4, 0.5) is 5.82 Å². The van der Waals surface area contributed by atoms with Gasteiger partial charge in [0.05, 0.1) is 12.0 Å². The summed E-state index contributed by atoms with van der Waals surface area (Å²) in [6, 6.07) is 15.3. The smallest absolute Gasteiger partial charge is 0.266 e. The zero-order valence-corrected chi connectivity index (χ0v) is 15.2. The van der Waals surface area contributed by atoms with E-state index >= 15 is 0 Å². The first-order valence-electron chi connectivity index (χ1n) is 8.14. The Morgan fingerprint density at radius 3 is 2.65 bits per heavy atom. The molecule has 3 aromatic heterocycles. The molecule has 5 nitrogen and oxygen atoms in total. The van der Waals surface area contributed by atoms with Gasteiger partial charge in [-0.25, -0.2) is 4.98 Å². The Balaban J connectivity index is 1.84. The molecule has 130 valence electrons. The van der Waals surface area contributed by atoms with Gasteiger partial charge in [-0.05, 0) is 54.3 Å². The number of amides is 1. The number of anilines is 1. The molecular formula is C20H17N3O2S. The van der Waals surface area contributed by atoms with Crippen LogP contribution in [0.5, 0.6) is 5.75 Å². The molecule has 0 fully saturated rings. The maximum atomic E-state index is 12.6. The molecule has 0 bridgehead atoms. The Labute approximate surface area is 154 Å². The second-order valence-corrected chi connectivity index (χ2v) is 6.85. The minimum Gasteiger partial charge on any atom is -0.497 e. The molecule has 0 unspecified atom stereocenters. The van der Waals surface area contributed by atoms with Crippen molar-refractivity contribution in [3.05, 3.63) is 70.5 Å². The highest BCUT2D eigenvalue weighted by Gasteiger charge is 2.18. The van der Waals surface area contributed by atoms with Crippen LogP contribution < -0.4 is 10.1 Å². The van der Waals surface area contributed by atoms with Gasteiger partial charge in [0.1, 0.15) is 22.9 Å². The number of carbonyl (C=O) groups is 1. The van der Waals surface area contributed by atoms with E-state index in [9.17, 15) is 4.79 Å². The van der Waals surface area contributed by atoms with Crippen molar-refractivity contribution in [3.8, 4) is 17.0 Å². The molecule has 0 radical (unpaired) electrons. The standard InChI is InChI=1S/C20H17N3O2S/c1-13-5-10-17-21-18(14-6-8-15(25-2)9-7-14)19(23(17)12-13)22-20(24)16-4-3-11-26-16/h3-12H,1-2H3,(H,22,24). The third kappa shape index (κ3) is 2.95. The van der Waals surface area contributed by atoms with E-state index in [1.165, 1.54) is 11.3 Å². The molecule has 1 N–H and O–H groups in total. The van der Waals surface area contributed by atoms with Crippen LogP contribution in [0.25, 0.3) is 16.9 Å². The van der Waals surface area contributed by atoms with Crippen molar-refractivity contribution in [1.82, 2.24) is 9.38 Å². The lowest BCUT2D eigenvalue weighted by Gasteiger charge is -2.08. The van der Waals surface area contributed by atoms with E-state index in [-0.39, 0.29) is 5.91 Å². The highest BCUT2D eigenvalue weighted by atomic mass is 32.1. The molecule has 0 saturated carbocycles. The number of methoxy groups -OCH3 is 1. The number of imidazole rings is 1. The molecule has 0 atom stereocenters. The van der Waals surface area contributed by atoms with Crippen molar-refractivity contribution in [2.24, 2.45) is 0 Å². The number of carbonyl (C=O) groups excluding carboxylic acids is 1. The number of nitrogens with zero attached hydrogens (tertiary/aromatic N) is 2. The molecule has 0 spiro atoms. The highest BCUT2D eigenvalue weighted by Crippen LogP contribution is 2.31. The molecule has 1 aromatic carbocycles. The number of fused-ring (bicyclic) bond motifs is 1. The SMILES string of the molecule is COc1ccc(-c2nc3ccc(C)cn3c2NC(=O)c2cccs2)cc1. The lowest BCUT2D eigenvalue weighted by molar-refractivity contribution is 0.103. The summed E-state index contributed by atoms with van der Waals surface area (Å²) in [5.74, 6) is 1.29. The van der Waals surface area contributed by atoms with Crippen molar-refractivity contribution < 1.29 is 9.53 Å². The first-order chi connectivity index (χ1) is 12.7. The van der Waals surface area contributed by atoms with Crippen LogP contribution in [-0.2, 0) is 0 Å². The number of thiophene rings is 1. The van der Waals surface area contributed by atoms with Gasteiger partial charge in [0.25, 0.3) is 5.91 Å². The van der Waals surface area contributed by atoms with Crippen LogP contribution in [0.15, 0.2) is 60.1 Å². The number of aromatic nitrogens is 2. The molecule has 1 amide bonds. The fourth-order valence-electron chi connectivity index (χ4n) is 2.80. The summed E-state index contributed by atoms with van der Waals surface area (Å²) < 4.78 is 7.15. The maximum absolute atomic E-state index is 12.6. The largest absolute Gasteiger partial charge is 0.497 e. The van der Waals surface area contributed by atoms with Crippen LogP contribution >= 0.6 is 11.3 Å². The van der Waals surface area contributed by atoms with E-state index in [4.69, 9.17) is 9.72 Å². The molecule has 26 heavy (non-hydrogen) atoms. The number of rotatable bonds is 4. The number of benzene rings is 1. The summed E-state index contributed by atoms with van der Waals surface area (Å²) in [4.78, 5) is 18.0. The van der Waals surface area contributed by atoms with Crippen molar-refractivity contribution in [2.45, 2.75) is 6.92 Å². The average Bonchev–Trinajstić information content (AvgIpc) is 3.31. The fraction of sp³-hybridized carbons (Fsp3) is 0.100. The summed E-state index contributed by atoms with van der Waals surface area (Å²) >= 11 is 1.41. The van der Waals surface area contributed by atoms with Crippen molar-refractivity contribution >= 4 is 28.7 Å². The highest BCUT2D eigenvalue weighted by molar-refractivity contribution is 7.12. The fourth-order valence-corrected chi connectivity index (χ4v) is 3.42. The van der Waals surface area contributed by atoms with E-state index < -0.39 is 0 Å². The molecular weight excluding hydrogens is 346 g/mol. The van der Waals surface area contributed by atoms with E-state index in [0.717, 1.165) is 28.2 Å². The van der Waals surface area contributed by atoms with Crippen molar-refractivity contribution in [3.63, 3.8) is 0 Å². The predicted molar refractivity (Wildman–Crippen MR) is 104 cm³/mol. The Bertz CT molecular complexity index is 1070. The second kappa shape index (κ2) is 6.65. The lowest BCUT2D eigenvalue weighted by Crippen LogP contribution is -2.12. The summed E-state index contributed by atoms with van der Waals surface area (Å²) in [6.45, 7) is 2.01. The number of nitrogens with one attached hydrogen (secondary N) is 1. The van der Waals surface area contributed by atoms with E-state index in [1.54, 1.807) is 7.11 Å². The number of aryl methyl sites for hydroxylation is 1. The molecule has 3 heterocycles. The van der Waals surface area contributed by atoms with E-state index in [0.29, 0.717) is 10.7 Å². The Morgan fingerprint density at radius 1 is 1.15 bits per heavy atom. The number of hydrogen-bond donors (Lipinski definition) is 1. The van der Waals surface area contributed by atoms with E-state index in [1.807, 2.05) is 71.4 Å². The van der Waals surface area contributed by atoms with Crippen LogP contribution in [0.3, 0.4) is 0 Å². The molecule has 4 rings (SSSR count). The maximum Gasteiger partial charge on any atom is 0.266 e. The van der Waals surface area contributed by atoms with Gasteiger partial charge in [-0.1, -0.05) is 12.1 Å². The molecule has 0 aliphatic heterocycles. The molecule has 0 saturated heterocycles. The summed E-state index contributed by atoms with van der Waals surface area (Å²) in [5.41, 5.74) is 3.50. The molecule has 6 heteroatoms. The van der Waals surface area contributed by atoms with Gasteiger partial charge in [0.2, 0.25) is 0 Å². The normalized spacial score (nSPS) is 10.8. The van der Waals surface area contributed by atoms with Gasteiger partial charge < -0.3 is 10.1 Å². The Kier molecular flexibility index (Phi) is 4.18. The third-order valence-electron chi connectivity index (χ3n) is 4.11. The topological polar surface area (TPSA) is 55.6 Å². The van der Waals surface area contributed by atoms with Crippen molar-refractivity contribution in [2.75, 3.05) is 12.4 Å². The van der Waals surface area contributed by atoms with Gasteiger partial charge >= 0.3 is 0 Å². The molecule has 0 aliphatic carbocycles. The van der Waals surface area contributed by atoms with Gasteiger partial charge in [-0.2, -0.15) is 0 Å².